The van der Waals surface area contributed by atoms with Gasteiger partial charge in [0.1, 0.15) is 5.78 Å². The van der Waals surface area contributed by atoms with Crippen molar-refractivity contribution < 1.29 is 14.5 Å². The standard InChI is InChI=1S/C19H29N3O4/c1-13(2)12-21(16-6-8-26-9-7-16)18-17(22(24)25)10-15(11-20-18)19(4,5)14(3)23/h10-11,13,16H,6-9,12H2,1-5H3. The lowest BCUT2D eigenvalue weighted by Crippen LogP contribution is -2.42. The molecule has 0 saturated carbocycles. The van der Waals surface area contributed by atoms with Crippen molar-refractivity contribution in [2.45, 2.75) is 58.9 Å². The molecular formula is C19H29N3O4. The first-order chi connectivity index (χ1) is 12.1. The maximum absolute atomic E-state index is 11.9. The van der Waals surface area contributed by atoms with Gasteiger partial charge in [0.15, 0.2) is 0 Å². The summed E-state index contributed by atoms with van der Waals surface area (Å²) in [7, 11) is 0. The molecule has 0 N–H and O–H groups in total. The molecule has 0 unspecified atom stereocenters. The fourth-order valence-electron chi connectivity index (χ4n) is 3.15. The molecule has 1 aromatic rings. The topological polar surface area (TPSA) is 85.6 Å². The van der Waals surface area contributed by atoms with Crippen LogP contribution < -0.4 is 4.90 Å². The molecule has 0 amide bonds. The van der Waals surface area contributed by atoms with Crippen LogP contribution in [0.5, 0.6) is 0 Å². The van der Waals surface area contributed by atoms with Gasteiger partial charge in [-0.3, -0.25) is 14.9 Å². The van der Waals surface area contributed by atoms with Gasteiger partial charge in [-0.15, -0.1) is 0 Å². The van der Waals surface area contributed by atoms with Crippen LogP contribution in [0.3, 0.4) is 0 Å². The Morgan fingerprint density at radius 2 is 2.04 bits per heavy atom. The highest BCUT2D eigenvalue weighted by Gasteiger charge is 2.33. The minimum absolute atomic E-state index is 0.0380. The molecule has 7 nitrogen and oxygen atoms in total. The molecule has 0 radical (unpaired) electrons. The molecule has 144 valence electrons. The minimum Gasteiger partial charge on any atom is -0.381 e. The van der Waals surface area contributed by atoms with Crippen molar-refractivity contribution in [2.75, 3.05) is 24.7 Å². The predicted molar refractivity (Wildman–Crippen MR) is 101 cm³/mol. The summed E-state index contributed by atoms with van der Waals surface area (Å²) in [5.74, 6) is 0.677. The highest BCUT2D eigenvalue weighted by atomic mass is 16.6. The predicted octanol–water partition coefficient (Wildman–Crippen LogP) is 3.50. The third kappa shape index (κ3) is 4.38. The number of pyridine rings is 1. The Morgan fingerprint density at radius 3 is 2.54 bits per heavy atom. The Labute approximate surface area is 154 Å². The summed E-state index contributed by atoms with van der Waals surface area (Å²) in [6.45, 7) is 11.2. The summed E-state index contributed by atoms with van der Waals surface area (Å²) in [5.41, 5.74) is -0.279. The number of ether oxygens (including phenoxy) is 1. The molecule has 2 heterocycles. The number of anilines is 1. The molecule has 1 saturated heterocycles. The summed E-state index contributed by atoms with van der Waals surface area (Å²) in [6, 6.07) is 1.68. The van der Waals surface area contributed by atoms with Gasteiger partial charge in [-0.2, -0.15) is 0 Å². The number of hydrogen-bond donors (Lipinski definition) is 0. The number of ketones is 1. The first-order valence-electron chi connectivity index (χ1n) is 9.15. The van der Waals surface area contributed by atoms with E-state index < -0.39 is 10.3 Å². The second kappa shape index (κ2) is 8.12. The van der Waals surface area contributed by atoms with Crippen LogP contribution in [0, 0.1) is 16.0 Å². The zero-order chi connectivity index (χ0) is 19.5. The zero-order valence-corrected chi connectivity index (χ0v) is 16.3. The van der Waals surface area contributed by atoms with Gasteiger partial charge in [0.05, 0.1) is 4.92 Å². The van der Waals surface area contributed by atoms with Gasteiger partial charge >= 0.3 is 5.69 Å². The van der Waals surface area contributed by atoms with E-state index in [-0.39, 0.29) is 17.5 Å². The van der Waals surface area contributed by atoms with E-state index in [2.05, 4.69) is 23.7 Å². The number of nitro groups is 1. The third-order valence-electron chi connectivity index (χ3n) is 5.11. The van der Waals surface area contributed by atoms with E-state index in [1.165, 1.54) is 13.0 Å². The van der Waals surface area contributed by atoms with Gasteiger partial charge in [0.2, 0.25) is 5.82 Å². The van der Waals surface area contributed by atoms with E-state index in [0.717, 1.165) is 12.8 Å². The van der Waals surface area contributed by atoms with Gasteiger partial charge in [0.25, 0.3) is 0 Å². The number of carbonyl (C=O) groups excluding carboxylic acids is 1. The van der Waals surface area contributed by atoms with Gasteiger partial charge in [-0.05, 0) is 45.1 Å². The normalized spacial score (nSPS) is 15.9. The quantitative estimate of drug-likeness (QED) is 0.544. The molecule has 0 aromatic carbocycles. The number of hydrogen-bond acceptors (Lipinski definition) is 6. The zero-order valence-electron chi connectivity index (χ0n) is 16.3. The van der Waals surface area contributed by atoms with E-state index in [1.54, 1.807) is 20.0 Å². The van der Waals surface area contributed by atoms with E-state index in [0.29, 0.717) is 37.1 Å². The molecule has 1 aliphatic rings. The van der Waals surface area contributed by atoms with Gasteiger partial charge in [-0.25, -0.2) is 4.98 Å². The summed E-state index contributed by atoms with van der Waals surface area (Å²) in [5, 5.41) is 11.8. The Morgan fingerprint density at radius 1 is 1.42 bits per heavy atom. The number of carbonyl (C=O) groups is 1. The lowest BCUT2D eigenvalue weighted by Gasteiger charge is -2.36. The van der Waals surface area contributed by atoms with Crippen LogP contribution >= 0.6 is 0 Å². The van der Waals surface area contributed by atoms with Crippen LogP contribution in [0.2, 0.25) is 0 Å². The van der Waals surface area contributed by atoms with Gasteiger partial charge in [0, 0.05) is 43.5 Å². The minimum atomic E-state index is -0.808. The molecule has 1 aliphatic heterocycles. The SMILES string of the molecule is CC(=O)C(C)(C)c1cnc(N(CC(C)C)C2CCOCC2)c([N+](=O)[O-])c1. The lowest BCUT2D eigenvalue weighted by molar-refractivity contribution is -0.384. The molecule has 0 bridgehead atoms. The fraction of sp³-hybridized carbons (Fsp3) is 0.684. The van der Waals surface area contributed by atoms with Crippen molar-refractivity contribution >= 4 is 17.3 Å². The summed E-state index contributed by atoms with van der Waals surface area (Å²) in [6.07, 6.45) is 3.26. The van der Waals surface area contributed by atoms with Crippen molar-refractivity contribution in [1.29, 1.82) is 0 Å². The maximum atomic E-state index is 11.9. The van der Waals surface area contributed by atoms with Gasteiger partial charge < -0.3 is 9.64 Å². The lowest BCUT2D eigenvalue weighted by atomic mass is 9.82. The Bertz CT molecular complexity index is 667. The van der Waals surface area contributed by atoms with Crippen LogP contribution in [-0.4, -0.2) is 41.5 Å². The van der Waals surface area contributed by atoms with E-state index in [1.807, 2.05) is 0 Å². The number of Topliss-reactive ketones (excluding diaryl/α,β-unsaturated/α-hetero) is 1. The Hall–Kier alpha value is -2.02. The van der Waals surface area contributed by atoms with Crippen molar-refractivity contribution in [2.24, 2.45) is 5.92 Å². The van der Waals surface area contributed by atoms with Crippen molar-refractivity contribution in [3.05, 3.63) is 27.9 Å². The first kappa shape index (κ1) is 20.3. The number of rotatable bonds is 7. The average molecular weight is 363 g/mol. The van der Waals surface area contributed by atoms with E-state index in [9.17, 15) is 14.9 Å². The van der Waals surface area contributed by atoms with Crippen molar-refractivity contribution in [3.8, 4) is 0 Å². The van der Waals surface area contributed by atoms with Crippen LogP contribution in [0.15, 0.2) is 12.3 Å². The fourth-order valence-corrected chi connectivity index (χ4v) is 3.15. The third-order valence-corrected chi connectivity index (χ3v) is 5.11. The molecule has 26 heavy (non-hydrogen) atoms. The summed E-state index contributed by atoms with van der Waals surface area (Å²) >= 11 is 0. The maximum Gasteiger partial charge on any atom is 0.311 e. The van der Waals surface area contributed by atoms with E-state index in [4.69, 9.17) is 4.74 Å². The molecular weight excluding hydrogens is 334 g/mol. The Kier molecular flexibility index (Phi) is 6.34. The van der Waals surface area contributed by atoms with Crippen molar-refractivity contribution in [3.63, 3.8) is 0 Å². The van der Waals surface area contributed by atoms with Gasteiger partial charge in [-0.1, -0.05) is 13.8 Å². The Balaban J connectivity index is 2.50. The molecule has 0 spiro atoms. The van der Waals surface area contributed by atoms with Crippen LogP contribution in [0.1, 0.15) is 53.0 Å². The molecule has 0 atom stereocenters. The molecule has 0 aliphatic carbocycles. The van der Waals surface area contributed by atoms with Crippen molar-refractivity contribution in [1.82, 2.24) is 4.98 Å². The molecule has 2 rings (SSSR count). The number of aromatic nitrogens is 1. The molecule has 7 heteroatoms. The van der Waals surface area contributed by atoms with Crippen LogP contribution in [0.25, 0.3) is 0 Å². The second-order valence-electron chi connectivity index (χ2n) is 7.89. The highest BCUT2D eigenvalue weighted by molar-refractivity contribution is 5.87. The smallest absolute Gasteiger partial charge is 0.311 e. The molecule has 1 aromatic heterocycles. The monoisotopic (exact) mass is 363 g/mol. The number of nitrogens with zero attached hydrogens (tertiary/aromatic N) is 3. The summed E-state index contributed by atoms with van der Waals surface area (Å²) < 4.78 is 5.44. The first-order valence-corrected chi connectivity index (χ1v) is 9.15. The van der Waals surface area contributed by atoms with Crippen LogP contribution in [-0.2, 0) is 14.9 Å². The average Bonchev–Trinajstić information content (AvgIpc) is 2.59. The largest absolute Gasteiger partial charge is 0.381 e. The van der Waals surface area contributed by atoms with Crippen LogP contribution in [0.4, 0.5) is 11.5 Å². The summed E-state index contributed by atoms with van der Waals surface area (Å²) in [4.78, 5) is 29.8. The molecule has 1 fully saturated rings. The second-order valence-corrected chi connectivity index (χ2v) is 7.89. The highest BCUT2D eigenvalue weighted by Crippen LogP contribution is 2.34. The van der Waals surface area contributed by atoms with E-state index >= 15 is 0 Å².